The van der Waals surface area contributed by atoms with Gasteiger partial charge in [0.2, 0.25) is 0 Å². The van der Waals surface area contributed by atoms with Gasteiger partial charge in [-0.25, -0.2) is 4.39 Å². The lowest BCUT2D eigenvalue weighted by Gasteiger charge is -2.27. The Labute approximate surface area is 174 Å². The van der Waals surface area contributed by atoms with E-state index in [1.807, 2.05) is 30.3 Å². The number of hydrogen-bond donors (Lipinski definition) is 2. The molecule has 3 nitrogen and oxygen atoms in total. The molecule has 28 heavy (non-hydrogen) atoms. The highest BCUT2D eigenvalue weighted by atomic mass is 35.5. The van der Waals surface area contributed by atoms with Crippen LogP contribution in [0.5, 0.6) is 5.75 Å². The second-order valence-electron chi connectivity index (χ2n) is 6.28. The van der Waals surface area contributed by atoms with Gasteiger partial charge in [-0.3, -0.25) is 0 Å². The molecule has 3 aromatic carbocycles. The van der Waals surface area contributed by atoms with E-state index >= 15 is 0 Å². The van der Waals surface area contributed by atoms with Crippen molar-refractivity contribution in [3.05, 3.63) is 94.8 Å². The van der Waals surface area contributed by atoms with Crippen LogP contribution in [0.4, 0.5) is 10.1 Å². The van der Waals surface area contributed by atoms with Crippen molar-refractivity contribution in [3.8, 4) is 5.75 Å². The molecule has 2 N–H and O–H groups in total. The van der Waals surface area contributed by atoms with Crippen LogP contribution < -0.4 is 10.2 Å². The van der Waals surface area contributed by atoms with E-state index in [-0.39, 0.29) is 10.8 Å². The fraction of sp³-hybridized carbons (Fsp3) is 0.136. The minimum Gasteiger partial charge on any atom is -0.508 e. The first kappa shape index (κ1) is 20.1. The third-order valence-electron chi connectivity index (χ3n) is 4.31. The molecule has 0 aliphatic carbocycles. The van der Waals surface area contributed by atoms with Crippen LogP contribution in [0, 0.1) is 5.82 Å². The smallest absolute Gasteiger partial charge is 0.173 e. The second kappa shape index (κ2) is 9.53. The van der Waals surface area contributed by atoms with E-state index in [2.05, 4.69) is 17.4 Å². The molecule has 0 bridgehead atoms. The number of thiocarbonyl (C=S) groups is 1. The number of para-hydroxylation sites is 1. The highest BCUT2D eigenvalue weighted by Gasteiger charge is 2.16. The Morgan fingerprint density at radius 3 is 2.46 bits per heavy atom. The van der Waals surface area contributed by atoms with Crippen LogP contribution in [0.3, 0.4) is 0 Å². The predicted molar refractivity (Wildman–Crippen MR) is 116 cm³/mol. The summed E-state index contributed by atoms with van der Waals surface area (Å²) in [6.07, 6.45) is 0.815. The molecular weight excluding hydrogens is 395 g/mol. The third kappa shape index (κ3) is 5.21. The van der Waals surface area contributed by atoms with Crippen molar-refractivity contribution in [1.82, 2.24) is 5.32 Å². The lowest BCUT2D eigenvalue weighted by molar-refractivity contribution is 0.468. The molecule has 0 aliphatic heterocycles. The van der Waals surface area contributed by atoms with Gasteiger partial charge in [0, 0.05) is 17.8 Å². The number of nitrogens with zero attached hydrogens (tertiary/aromatic N) is 1. The van der Waals surface area contributed by atoms with Gasteiger partial charge in [-0.2, -0.15) is 0 Å². The Kier molecular flexibility index (Phi) is 6.85. The van der Waals surface area contributed by atoms with Crippen LogP contribution >= 0.6 is 23.8 Å². The van der Waals surface area contributed by atoms with Crippen molar-refractivity contribution >= 4 is 34.6 Å². The van der Waals surface area contributed by atoms with Crippen molar-refractivity contribution in [2.45, 2.75) is 13.0 Å². The highest BCUT2D eigenvalue weighted by molar-refractivity contribution is 7.80. The molecular formula is C22H20ClFN2OS. The second-order valence-corrected chi connectivity index (χ2v) is 7.07. The summed E-state index contributed by atoms with van der Waals surface area (Å²) in [7, 11) is 0. The quantitative estimate of drug-likeness (QED) is 0.536. The van der Waals surface area contributed by atoms with E-state index in [0.29, 0.717) is 29.5 Å². The van der Waals surface area contributed by atoms with E-state index < -0.39 is 5.82 Å². The number of benzene rings is 3. The van der Waals surface area contributed by atoms with Crippen LogP contribution in [0.1, 0.15) is 11.1 Å². The molecule has 0 unspecified atom stereocenters. The molecule has 0 spiro atoms. The molecule has 144 valence electrons. The minimum absolute atomic E-state index is 0.0202. The van der Waals surface area contributed by atoms with Crippen molar-refractivity contribution in [1.29, 1.82) is 0 Å². The number of phenolic OH excluding ortho intramolecular Hbond substituents is 1. The number of halogens is 2. The number of hydrogen-bond acceptors (Lipinski definition) is 2. The summed E-state index contributed by atoms with van der Waals surface area (Å²) in [6, 6.07) is 21.6. The molecule has 0 heterocycles. The average molecular weight is 415 g/mol. The van der Waals surface area contributed by atoms with Gasteiger partial charge in [-0.05, 0) is 48.5 Å². The van der Waals surface area contributed by atoms with E-state index in [9.17, 15) is 9.50 Å². The maximum absolute atomic E-state index is 13.6. The molecule has 3 aromatic rings. The first-order chi connectivity index (χ1) is 13.5. The summed E-state index contributed by atoms with van der Waals surface area (Å²) < 4.78 is 13.6. The van der Waals surface area contributed by atoms with Crippen molar-refractivity contribution in [2.75, 3.05) is 11.4 Å². The zero-order valence-corrected chi connectivity index (χ0v) is 16.7. The fourth-order valence-corrected chi connectivity index (χ4v) is 3.25. The zero-order chi connectivity index (χ0) is 19.9. The number of anilines is 1. The van der Waals surface area contributed by atoms with Crippen LogP contribution in [0.25, 0.3) is 0 Å². The van der Waals surface area contributed by atoms with Gasteiger partial charge in [0.1, 0.15) is 11.6 Å². The highest BCUT2D eigenvalue weighted by Crippen LogP contribution is 2.26. The lowest BCUT2D eigenvalue weighted by atomic mass is 10.1. The number of nitrogens with one attached hydrogen (secondary N) is 1. The topological polar surface area (TPSA) is 35.5 Å². The molecule has 0 saturated heterocycles. The van der Waals surface area contributed by atoms with Gasteiger partial charge in [-0.1, -0.05) is 60.1 Å². The maximum atomic E-state index is 13.6. The average Bonchev–Trinajstić information content (AvgIpc) is 2.70. The largest absolute Gasteiger partial charge is 0.508 e. The van der Waals surface area contributed by atoms with Gasteiger partial charge in [0.15, 0.2) is 5.11 Å². The molecule has 0 fully saturated rings. The monoisotopic (exact) mass is 414 g/mol. The van der Waals surface area contributed by atoms with Crippen LogP contribution in [-0.2, 0) is 13.0 Å². The molecule has 6 heteroatoms. The Morgan fingerprint density at radius 2 is 1.75 bits per heavy atom. The van der Waals surface area contributed by atoms with E-state index in [1.165, 1.54) is 17.7 Å². The first-order valence-electron chi connectivity index (χ1n) is 8.86. The zero-order valence-electron chi connectivity index (χ0n) is 15.1. The van der Waals surface area contributed by atoms with E-state index in [1.54, 1.807) is 23.1 Å². The Balaban J connectivity index is 1.77. The van der Waals surface area contributed by atoms with Gasteiger partial charge in [0.05, 0.1) is 11.6 Å². The summed E-state index contributed by atoms with van der Waals surface area (Å²) in [5, 5.41) is 13.9. The molecule has 0 atom stereocenters. The normalized spacial score (nSPS) is 10.5. The van der Waals surface area contributed by atoms with Crippen molar-refractivity contribution in [3.63, 3.8) is 0 Å². The Hall–Kier alpha value is -2.63. The molecule has 0 aromatic heterocycles. The molecule has 0 saturated carbocycles. The number of rotatable bonds is 6. The van der Waals surface area contributed by atoms with Crippen molar-refractivity contribution in [2.24, 2.45) is 0 Å². The molecule has 0 aliphatic rings. The summed E-state index contributed by atoms with van der Waals surface area (Å²) in [5.41, 5.74) is 2.55. The fourth-order valence-electron chi connectivity index (χ4n) is 2.80. The standard InChI is InChI=1S/C22H20ClFN2OS/c23-19-14-18(10-11-20(19)24)26(15-17-8-4-5-9-21(17)27)22(28)25-13-12-16-6-2-1-3-7-16/h1-11,14,27H,12-13,15H2,(H,25,28). The summed E-state index contributed by atoms with van der Waals surface area (Å²) in [4.78, 5) is 1.79. The first-order valence-corrected chi connectivity index (χ1v) is 9.64. The van der Waals surface area contributed by atoms with Crippen LogP contribution in [0.15, 0.2) is 72.8 Å². The Bertz CT molecular complexity index is 952. The maximum Gasteiger partial charge on any atom is 0.173 e. The Morgan fingerprint density at radius 1 is 1.04 bits per heavy atom. The SMILES string of the molecule is Oc1ccccc1CN(C(=S)NCCc1ccccc1)c1ccc(F)c(Cl)c1. The molecule has 0 radical (unpaired) electrons. The summed E-state index contributed by atoms with van der Waals surface area (Å²) in [6.45, 7) is 0.973. The van der Waals surface area contributed by atoms with Crippen molar-refractivity contribution < 1.29 is 9.50 Å². The molecule has 3 rings (SSSR count). The van der Waals surface area contributed by atoms with E-state index in [0.717, 1.165) is 6.42 Å². The lowest BCUT2D eigenvalue weighted by Crippen LogP contribution is -2.40. The molecule has 0 amide bonds. The summed E-state index contributed by atoms with van der Waals surface area (Å²) in [5.74, 6) is -0.316. The van der Waals surface area contributed by atoms with Crippen LogP contribution in [0.2, 0.25) is 5.02 Å². The van der Waals surface area contributed by atoms with Gasteiger partial charge in [0.25, 0.3) is 0 Å². The van der Waals surface area contributed by atoms with Gasteiger partial charge in [-0.15, -0.1) is 0 Å². The van der Waals surface area contributed by atoms with Crippen LogP contribution in [-0.4, -0.2) is 16.8 Å². The minimum atomic E-state index is -0.490. The number of aromatic hydroxyl groups is 1. The van der Waals surface area contributed by atoms with E-state index in [4.69, 9.17) is 23.8 Å². The number of phenols is 1. The summed E-state index contributed by atoms with van der Waals surface area (Å²) >= 11 is 11.6. The predicted octanol–water partition coefficient (Wildman–Crippen LogP) is 5.31. The van der Waals surface area contributed by atoms with Gasteiger partial charge < -0.3 is 15.3 Å². The third-order valence-corrected chi connectivity index (χ3v) is 4.97. The van der Waals surface area contributed by atoms with Gasteiger partial charge >= 0.3 is 0 Å².